The molecular formula is C26H26N4O2. The highest BCUT2D eigenvalue weighted by Gasteiger charge is 2.21. The fourth-order valence-electron chi connectivity index (χ4n) is 3.95. The van der Waals surface area contributed by atoms with Crippen molar-refractivity contribution in [2.45, 2.75) is 12.5 Å². The summed E-state index contributed by atoms with van der Waals surface area (Å²) in [7, 11) is 5.69. The molecule has 162 valence electrons. The van der Waals surface area contributed by atoms with Gasteiger partial charge in [0.25, 0.3) is 0 Å². The second kappa shape index (κ2) is 9.54. The molecule has 0 bridgehead atoms. The van der Waals surface area contributed by atoms with Gasteiger partial charge in [-0.05, 0) is 36.5 Å². The molecule has 0 aliphatic carbocycles. The van der Waals surface area contributed by atoms with Crippen LogP contribution in [0.25, 0.3) is 10.8 Å². The monoisotopic (exact) mass is 426 g/mol. The van der Waals surface area contributed by atoms with Gasteiger partial charge in [-0.25, -0.2) is 4.98 Å². The fourth-order valence-corrected chi connectivity index (χ4v) is 3.95. The standard InChI is InChI=1S/C26H26N4O2/c1-30(2)23(21-13-6-7-14-24(21)31-3)17-28-26-22(16-27)29-25(32-26)15-19-11-8-10-18-9-4-5-12-20(18)19/h4-14,23,28H,15,17H2,1-3H3/t23-/m0/s1. The molecule has 0 fully saturated rings. The molecule has 3 aromatic carbocycles. The Hall–Kier alpha value is -3.82. The van der Waals surface area contributed by atoms with E-state index in [1.54, 1.807) is 7.11 Å². The van der Waals surface area contributed by atoms with Crippen molar-refractivity contribution in [2.75, 3.05) is 33.1 Å². The minimum atomic E-state index is 0.0179. The number of methoxy groups -OCH3 is 1. The van der Waals surface area contributed by atoms with E-state index in [0.29, 0.717) is 24.7 Å². The van der Waals surface area contributed by atoms with Crippen molar-refractivity contribution in [1.29, 1.82) is 5.26 Å². The second-order valence-corrected chi connectivity index (χ2v) is 7.81. The van der Waals surface area contributed by atoms with E-state index >= 15 is 0 Å². The Morgan fingerprint density at radius 2 is 1.81 bits per heavy atom. The smallest absolute Gasteiger partial charge is 0.232 e. The molecule has 32 heavy (non-hydrogen) atoms. The van der Waals surface area contributed by atoms with E-state index in [1.807, 2.05) is 56.6 Å². The van der Waals surface area contributed by atoms with Gasteiger partial charge in [-0.1, -0.05) is 60.7 Å². The topological polar surface area (TPSA) is 74.3 Å². The minimum Gasteiger partial charge on any atom is -0.496 e. The molecule has 6 heteroatoms. The summed E-state index contributed by atoms with van der Waals surface area (Å²) in [6, 6.07) is 24.5. The number of nitriles is 1. The first kappa shape index (κ1) is 21.4. The average molecular weight is 427 g/mol. The minimum absolute atomic E-state index is 0.0179. The number of aromatic nitrogens is 1. The molecule has 0 amide bonds. The summed E-state index contributed by atoms with van der Waals surface area (Å²) in [6.45, 7) is 0.533. The maximum absolute atomic E-state index is 9.60. The zero-order chi connectivity index (χ0) is 22.5. The van der Waals surface area contributed by atoms with E-state index in [0.717, 1.165) is 22.3 Å². The van der Waals surface area contributed by atoms with Gasteiger partial charge in [0.2, 0.25) is 17.5 Å². The van der Waals surface area contributed by atoms with Crippen molar-refractivity contribution in [3.05, 3.63) is 89.4 Å². The Morgan fingerprint density at radius 3 is 2.59 bits per heavy atom. The molecule has 0 unspecified atom stereocenters. The number of para-hydroxylation sites is 1. The molecule has 6 nitrogen and oxygen atoms in total. The van der Waals surface area contributed by atoms with Gasteiger partial charge in [0.15, 0.2) is 0 Å². The van der Waals surface area contributed by atoms with Crippen LogP contribution < -0.4 is 10.1 Å². The number of oxazole rings is 1. The van der Waals surface area contributed by atoms with Gasteiger partial charge in [-0.2, -0.15) is 5.26 Å². The van der Waals surface area contributed by atoms with Crippen LogP contribution in [0.15, 0.2) is 71.1 Å². The van der Waals surface area contributed by atoms with Crippen LogP contribution in [0.4, 0.5) is 5.88 Å². The molecule has 0 saturated carbocycles. The molecule has 1 atom stereocenters. The molecule has 4 rings (SSSR count). The van der Waals surface area contributed by atoms with E-state index in [4.69, 9.17) is 9.15 Å². The summed E-state index contributed by atoms with van der Waals surface area (Å²) < 4.78 is 11.5. The maximum atomic E-state index is 9.60. The molecule has 0 aliphatic rings. The molecule has 0 spiro atoms. The van der Waals surface area contributed by atoms with Crippen molar-refractivity contribution < 1.29 is 9.15 Å². The Morgan fingerprint density at radius 1 is 1.06 bits per heavy atom. The zero-order valence-corrected chi connectivity index (χ0v) is 18.5. The molecule has 1 aromatic heterocycles. The summed E-state index contributed by atoms with van der Waals surface area (Å²) in [6.07, 6.45) is 0.515. The zero-order valence-electron chi connectivity index (χ0n) is 18.5. The van der Waals surface area contributed by atoms with Gasteiger partial charge < -0.3 is 19.4 Å². The summed E-state index contributed by atoms with van der Waals surface area (Å²) in [5, 5.41) is 15.2. The predicted molar refractivity (Wildman–Crippen MR) is 126 cm³/mol. The first-order valence-electron chi connectivity index (χ1n) is 10.5. The maximum Gasteiger partial charge on any atom is 0.232 e. The van der Waals surface area contributed by atoms with E-state index in [1.165, 1.54) is 5.39 Å². The van der Waals surface area contributed by atoms with Crippen LogP contribution in [-0.4, -0.2) is 37.6 Å². The molecule has 4 aromatic rings. The normalized spacial score (nSPS) is 12.0. The number of benzene rings is 3. The number of hydrogen-bond acceptors (Lipinski definition) is 6. The molecule has 1 N–H and O–H groups in total. The largest absolute Gasteiger partial charge is 0.496 e. The second-order valence-electron chi connectivity index (χ2n) is 7.81. The van der Waals surface area contributed by atoms with Crippen LogP contribution >= 0.6 is 0 Å². The van der Waals surface area contributed by atoms with Crippen molar-refractivity contribution in [2.24, 2.45) is 0 Å². The molecular weight excluding hydrogens is 400 g/mol. The van der Waals surface area contributed by atoms with Crippen molar-refractivity contribution in [3.63, 3.8) is 0 Å². The number of hydrogen-bond donors (Lipinski definition) is 1. The van der Waals surface area contributed by atoms with E-state index in [2.05, 4.69) is 45.5 Å². The Kier molecular flexibility index (Phi) is 6.39. The number of anilines is 1. The molecule has 0 saturated heterocycles. The van der Waals surface area contributed by atoms with Gasteiger partial charge in [0, 0.05) is 12.1 Å². The first-order chi connectivity index (χ1) is 15.6. The summed E-state index contributed by atoms with van der Waals surface area (Å²) >= 11 is 0. The molecule has 0 radical (unpaired) electrons. The van der Waals surface area contributed by atoms with Crippen molar-refractivity contribution in [1.82, 2.24) is 9.88 Å². The lowest BCUT2D eigenvalue weighted by Crippen LogP contribution is -2.27. The number of rotatable bonds is 8. The molecule has 1 heterocycles. The van der Waals surface area contributed by atoms with Crippen molar-refractivity contribution >= 4 is 16.7 Å². The van der Waals surface area contributed by atoms with Crippen molar-refractivity contribution in [3.8, 4) is 11.8 Å². The third-order valence-corrected chi connectivity index (χ3v) is 5.58. The lowest BCUT2D eigenvalue weighted by atomic mass is 10.0. The Balaban J connectivity index is 1.56. The highest BCUT2D eigenvalue weighted by molar-refractivity contribution is 5.85. The number of nitrogens with zero attached hydrogens (tertiary/aromatic N) is 3. The van der Waals surface area contributed by atoms with Gasteiger partial charge in [0.05, 0.1) is 19.6 Å². The quantitative estimate of drug-likeness (QED) is 0.427. The Bertz CT molecular complexity index is 1250. The lowest BCUT2D eigenvalue weighted by molar-refractivity contribution is 0.298. The fraction of sp³-hybridized carbons (Fsp3) is 0.231. The van der Waals surface area contributed by atoms with Crippen LogP contribution in [0.1, 0.15) is 28.8 Å². The van der Waals surface area contributed by atoms with E-state index in [9.17, 15) is 5.26 Å². The van der Waals surface area contributed by atoms with Crippen LogP contribution in [-0.2, 0) is 6.42 Å². The third-order valence-electron chi connectivity index (χ3n) is 5.58. The van der Waals surface area contributed by atoms with Gasteiger partial charge in [-0.3, -0.25) is 0 Å². The summed E-state index contributed by atoms with van der Waals surface area (Å²) in [5.74, 6) is 1.73. The van der Waals surface area contributed by atoms with E-state index < -0.39 is 0 Å². The third kappa shape index (κ3) is 4.43. The number of fused-ring (bicyclic) bond motifs is 1. The average Bonchev–Trinajstić information content (AvgIpc) is 3.21. The van der Waals surface area contributed by atoms with Crippen LogP contribution in [0.2, 0.25) is 0 Å². The number of nitrogens with one attached hydrogen (secondary N) is 1. The predicted octanol–water partition coefficient (Wildman–Crippen LogP) is 5.01. The van der Waals surface area contributed by atoms with Crippen LogP contribution in [0.5, 0.6) is 5.75 Å². The highest BCUT2D eigenvalue weighted by atomic mass is 16.5. The number of ether oxygens (including phenoxy) is 1. The summed E-state index contributed by atoms with van der Waals surface area (Å²) in [5.41, 5.74) is 2.43. The van der Waals surface area contributed by atoms with E-state index in [-0.39, 0.29) is 11.7 Å². The number of likely N-dealkylation sites (N-methyl/N-ethyl adjacent to an activating group) is 1. The lowest BCUT2D eigenvalue weighted by Gasteiger charge is -2.26. The first-order valence-corrected chi connectivity index (χ1v) is 10.5. The van der Waals surface area contributed by atoms with Gasteiger partial charge in [-0.15, -0.1) is 0 Å². The van der Waals surface area contributed by atoms with Gasteiger partial charge >= 0.3 is 0 Å². The Labute approximate surface area is 188 Å². The van der Waals surface area contributed by atoms with Crippen LogP contribution in [0.3, 0.4) is 0 Å². The SMILES string of the molecule is COc1ccccc1[C@H](CNc1oc(Cc2cccc3ccccc23)nc1C#N)N(C)C. The van der Waals surface area contributed by atoms with Crippen LogP contribution in [0, 0.1) is 11.3 Å². The summed E-state index contributed by atoms with van der Waals surface area (Å²) in [4.78, 5) is 6.53. The highest BCUT2D eigenvalue weighted by Crippen LogP contribution is 2.29. The molecule has 0 aliphatic heterocycles. The van der Waals surface area contributed by atoms with Gasteiger partial charge in [0.1, 0.15) is 11.8 Å².